The van der Waals surface area contributed by atoms with Crippen molar-refractivity contribution >= 4 is 57.4 Å². The number of sulfonamides is 1. The average Bonchev–Trinajstić information content (AvgIpc) is 2.87. The van der Waals surface area contributed by atoms with E-state index >= 15 is 0 Å². The Morgan fingerprint density at radius 2 is 1.12 bits per heavy atom. The number of thioether (sulfide) groups is 2. The maximum Gasteiger partial charge on any atom is 0.333 e. The van der Waals surface area contributed by atoms with Crippen LogP contribution in [0.25, 0.3) is 0 Å². The van der Waals surface area contributed by atoms with E-state index in [2.05, 4.69) is 22.8 Å². The minimum absolute atomic E-state index is 0.0138. The molecule has 230 valence electrons. The van der Waals surface area contributed by atoms with Gasteiger partial charge in [0.2, 0.25) is 10.0 Å². The summed E-state index contributed by atoms with van der Waals surface area (Å²) < 4.78 is 45.0. The third-order valence-electron chi connectivity index (χ3n) is 4.61. The van der Waals surface area contributed by atoms with Gasteiger partial charge in [0.15, 0.2) is 0 Å². The Hall–Kier alpha value is -2.07. The van der Waals surface area contributed by atoms with Crippen LogP contribution in [0.4, 0.5) is 0 Å². The molecular formula is C25H42N2O10S3. The Labute approximate surface area is 246 Å². The zero-order valence-corrected chi connectivity index (χ0v) is 26.0. The van der Waals surface area contributed by atoms with Crippen LogP contribution in [0.1, 0.15) is 26.7 Å². The fraction of sp³-hybridized carbons (Fsp3) is 0.680. The third-order valence-corrected chi connectivity index (χ3v) is 7.38. The van der Waals surface area contributed by atoms with Crippen molar-refractivity contribution in [1.82, 2.24) is 9.62 Å². The summed E-state index contributed by atoms with van der Waals surface area (Å²) in [6, 6.07) is 0. The molecule has 0 aromatic rings. The van der Waals surface area contributed by atoms with Crippen molar-refractivity contribution in [3.05, 3.63) is 24.3 Å². The Morgan fingerprint density at radius 1 is 0.725 bits per heavy atom. The first-order valence-electron chi connectivity index (χ1n) is 12.6. The molecule has 1 N–H and O–H groups in total. The fourth-order valence-corrected chi connectivity index (χ4v) is 4.64. The lowest BCUT2D eigenvalue weighted by Gasteiger charge is -2.22. The molecule has 0 fully saturated rings. The van der Waals surface area contributed by atoms with E-state index in [-0.39, 0.29) is 55.6 Å². The number of ether oxygens (including phenoxy) is 4. The molecule has 0 aromatic heterocycles. The van der Waals surface area contributed by atoms with Gasteiger partial charge in [-0.25, -0.2) is 22.7 Å². The molecule has 15 heteroatoms. The first kappa shape index (κ1) is 37.9. The SMILES string of the molecule is C=C(C)C(=O)OCCOC(=O)CSCCCN(CCCSCC(=O)OCCOC(=O)C(=C)C)CCNS(C)(=O)=O. The average molecular weight is 627 g/mol. The molecule has 0 atom stereocenters. The summed E-state index contributed by atoms with van der Waals surface area (Å²) in [7, 11) is -3.29. The molecular weight excluding hydrogens is 584 g/mol. The van der Waals surface area contributed by atoms with Gasteiger partial charge in [-0.1, -0.05) is 13.2 Å². The second-order valence-corrected chi connectivity index (χ2v) is 12.6. The molecule has 0 amide bonds. The van der Waals surface area contributed by atoms with Crippen molar-refractivity contribution in [3.63, 3.8) is 0 Å². The van der Waals surface area contributed by atoms with Crippen LogP contribution in [0.2, 0.25) is 0 Å². The van der Waals surface area contributed by atoms with Gasteiger partial charge in [-0.05, 0) is 51.3 Å². The highest BCUT2D eigenvalue weighted by atomic mass is 32.2. The van der Waals surface area contributed by atoms with Gasteiger partial charge < -0.3 is 23.8 Å². The summed E-state index contributed by atoms with van der Waals surface area (Å²) >= 11 is 2.85. The number of hydrogen-bond donors (Lipinski definition) is 1. The molecule has 40 heavy (non-hydrogen) atoms. The Bertz CT molecular complexity index is 885. The van der Waals surface area contributed by atoms with Crippen LogP contribution in [0, 0.1) is 0 Å². The lowest BCUT2D eigenvalue weighted by atomic mass is 10.3. The van der Waals surface area contributed by atoms with Gasteiger partial charge >= 0.3 is 23.9 Å². The van der Waals surface area contributed by atoms with E-state index in [1.165, 1.54) is 37.4 Å². The molecule has 0 saturated carbocycles. The van der Waals surface area contributed by atoms with E-state index < -0.39 is 33.9 Å². The molecule has 0 radical (unpaired) electrons. The predicted octanol–water partition coefficient (Wildman–Crippen LogP) is 1.41. The van der Waals surface area contributed by atoms with Crippen LogP contribution < -0.4 is 4.72 Å². The quantitative estimate of drug-likeness (QED) is 0.0711. The van der Waals surface area contributed by atoms with E-state index in [0.29, 0.717) is 31.1 Å². The summed E-state index contributed by atoms with van der Waals surface area (Å²) in [5.41, 5.74) is 0.554. The van der Waals surface area contributed by atoms with Crippen LogP contribution in [0.5, 0.6) is 0 Å². The molecule has 0 unspecified atom stereocenters. The Morgan fingerprint density at radius 3 is 1.50 bits per heavy atom. The van der Waals surface area contributed by atoms with Gasteiger partial charge in [-0.3, -0.25) is 9.59 Å². The Balaban J connectivity index is 4.16. The van der Waals surface area contributed by atoms with Crippen molar-refractivity contribution < 1.29 is 46.5 Å². The number of esters is 4. The second-order valence-electron chi connectivity index (χ2n) is 8.59. The molecule has 0 aromatic carbocycles. The third kappa shape index (κ3) is 23.8. The maximum atomic E-state index is 11.8. The van der Waals surface area contributed by atoms with Gasteiger partial charge in [0.1, 0.15) is 26.4 Å². The molecule has 0 rings (SSSR count). The summed E-state index contributed by atoms with van der Waals surface area (Å²) in [5, 5.41) is 0. The monoisotopic (exact) mass is 626 g/mol. The number of nitrogens with zero attached hydrogens (tertiary/aromatic N) is 1. The molecule has 0 spiro atoms. The van der Waals surface area contributed by atoms with Crippen molar-refractivity contribution in [1.29, 1.82) is 0 Å². The molecule has 0 heterocycles. The van der Waals surface area contributed by atoms with E-state index in [0.717, 1.165) is 19.1 Å². The first-order valence-corrected chi connectivity index (χ1v) is 16.8. The molecule has 0 aliphatic heterocycles. The lowest BCUT2D eigenvalue weighted by Crippen LogP contribution is -2.36. The Kier molecular flexibility index (Phi) is 21.4. The van der Waals surface area contributed by atoms with Crippen molar-refractivity contribution in [2.24, 2.45) is 0 Å². The zero-order chi connectivity index (χ0) is 30.4. The van der Waals surface area contributed by atoms with Gasteiger partial charge in [0.25, 0.3) is 0 Å². The van der Waals surface area contributed by atoms with E-state index in [9.17, 15) is 27.6 Å². The lowest BCUT2D eigenvalue weighted by molar-refractivity contribution is -0.148. The van der Waals surface area contributed by atoms with Crippen molar-refractivity contribution in [3.8, 4) is 0 Å². The normalized spacial score (nSPS) is 11.1. The molecule has 0 bridgehead atoms. The minimum Gasteiger partial charge on any atom is -0.461 e. The maximum absolute atomic E-state index is 11.8. The number of rotatable bonds is 24. The highest BCUT2D eigenvalue weighted by Gasteiger charge is 2.10. The van der Waals surface area contributed by atoms with Gasteiger partial charge in [-0.15, -0.1) is 0 Å². The number of carbonyl (C=O) groups excluding carboxylic acids is 4. The minimum atomic E-state index is -3.29. The van der Waals surface area contributed by atoms with Gasteiger partial charge in [0.05, 0.1) is 17.8 Å². The first-order chi connectivity index (χ1) is 18.8. The van der Waals surface area contributed by atoms with Crippen LogP contribution in [0.15, 0.2) is 24.3 Å². The summed E-state index contributed by atoms with van der Waals surface area (Å²) in [6.45, 7) is 12.1. The van der Waals surface area contributed by atoms with Crippen LogP contribution in [-0.2, 0) is 48.1 Å². The molecule has 0 aliphatic carbocycles. The van der Waals surface area contributed by atoms with E-state index in [1.807, 2.05) is 0 Å². The molecule has 0 aliphatic rings. The van der Waals surface area contributed by atoms with Gasteiger partial charge in [-0.2, -0.15) is 23.5 Å². The van der Waals surface area contributed by atoms with Crippen LogP contribution >= 0.6 is 23.5 Å². The molecule has 0 saturated heterocycles. The van der Waals surface area contributed by atoms with Crippen molar-refractivity contribution in [2.75, 3.05) is 81.9 Å². The second kappa shape index (κ2) is 22.6. The van der Waals surface area contributed by atoms with Gasteiger partial charge in [0, 0.05) is 24.2 Å². The summed E-state index contributed by atoms with van der Waals surface area (Å²) in [5.74, 6) is -0.0869. The van der Waals surface area contributed by atoms with E-state index in [1.54, 1.807) is 0 Å². The topological polar surface area (TPSA) is 155 Å². The highest BCUT2D eigenvalue weighted by Crippen LogP contribution is 2.08. The highest BCUT2D eigenvalue weighted by molar-refractivity contribution is 8.00. The number of hydrogen-bond acceptors (Lipinski definition) is 13. The van der Waals surface area contributed by atoms with Crippen molar-refractivity contribution in [2.45, 2.75) is 26.7 Å². The van der Waals surface area contributed by atoms with E-state index in [4.69, 9.17) is 18.9 Å². The predicted molar refractivity (Wildman–Crippen MR) is 157 cm³/mol. The molecule has 12 nitrogen and oxygen atoms in total. The fourth-order valence-electron chi connectivity index (χ4n) is 2.73. The zero-order valence-electron chi connectivity index (χ0n) is 23.6. The largest absolute Gasteiger partial charge is 0.461 e. The summed E-state index contributed by atoms with van der Waals surface area (Å²) in [4.78, 5) is 48.2. The van der Waals surface area contributed by atoms with Crippen LogP contribution in [0.3, 0.4) is 0 Å². The smallest absolute Gasteiger partial charge is 0.333 e. The van der Waals surface area contributed by atoms with Crippen LogP contribution in [-0.4, -0.2) is 119 Å². The summed E-state index contributed by atoms with van der Waals surface area (Å²) in [6.07, 6.45) is 2.67. The number of nitrogens with one attached hydrogen (secondary N) is 1. The number of carbonyl (C=O) groups is 4. The standard InChI is InChI=1S/C25H42N2O10S3/c1-20(2)24(30)36-14-12-34-22(28)18-38-16-6-9-27(11-8-26-40(5,32)33)10-7-17-39-19-23(29)35-13-15-37-25(31)21(3)4/h26H,1,3,6-19H2,2,4-5H3.